The number of carbonyl (C=O) groups is 7. The lowest BCUT2D eigenvalue weighted by molar-refractivity contribution is -0.324. The minimum atomic E-state index is -2.35. The fourth-order valence-electron chi connectivity index (χ4n) is 7.36. The van der Waals surface area contributed by atoms with Crippen LogP contribution in [0.15, 0.2) is 18.2 Å². The number of hydrogen-bond acceptors (Lipinski definition) is 19. The molecular formula is C45H68O21. The first kappa shape index (κ1) is 57.4. The molecule has 8 N–H and O–H groups in total. The maximum atomic E-state index is 13.3. The predicted octanol–water partition coefficient (Wildman–Crippen LogP) is 2.41. The molecule has 1 aliphatic heterocycles. The Morgan fingerprint density at radius 3 is 1.86 bits per heavy atom. The van der Waals surface area contributed by atoms with E-state index in [0.717, 1.165) is 90.9 Å². The van der Waals surface area contributed by atoms with Crippen molar-refractivity contribution in [1.82, 2.24) is 0 Å². The predicted molar refractivity (Wildman–Crippen MR) is 228 cm³/mol. The van der Waals surface area contributed by atoms with Crippen LogP contribution in [-0.2, 0) is 63.6 Å². The minimum Gasteiger partial charge on any atom is -0.507 e. The van der Waals surface area contributed by atoms with Crippen LogP contribution in [0, 0.1) is 0 Å². The van der Waals surface area contributed by atoms with Crippen LogP contribution >= 0.6 is 0 Å². The molecule has 0 spiro atoms. The number of aliphatic hydroxyl groups excluding tert-OH is 5. The molecule has 1 aromatic carbocycles. The lowest BCUT2D eigenvalue weighted by Crippen LogP contribution is -2.62. The van der Waals surface area contributed by atoms with Crippen molar-refractivity contribution in [2.45, 2.75) is 191 Å². The number of rotatable bonds is 33. The number of esters is 4. The van der Waals surface area contributed by atoms with Gasteiger partial charge in [0.25, 0.3) is 0 Å². The fourth-order valence-corrected chi connectivity index (χ4v) is 7.36. The van der Waals surface area contributed by atoms with E-state index in [1.54, 1.807) is 13.0 Å². The number of ether oxygens (including phenoxy) is 6. The SMILES string of the molecule is CC(=O)OC1C(O)[C@H](O)C(CO)O[C@H]1O[C@H](COC(=O)CC(=O)O)[C@@H](O)[C@H](O)[C@H](OC(C)=O)C(=O)OC(C)CCCCCCCCCCCCCCCC(=O)Cc1cccc(O)c1C(=O)O. The molecule has 0 saturated carbocycles. The van der Waals surface area contributed by atoms with E-state index in [2.05, 4.69) is 0 Å². The first-order valence-corrected chi connectivity index (χ1v) is 22.4. The van der Waals surface area contributed by atoms with Gasteiger partial charge in [0, 0.05) is 26.7 Å². The van der Waals surface area contributed by atoms with Gasteiger partial charge in [-0.05, 0) is 37.8 Å². The number of Topliss-reactive ketones (excluding diaryl/α,β-unsaturated/α-hetero) is 1. The number of unbranched alkanes of at least 4 members (excludes halogenated alkanes) is 12. The van der Waals surface area contributed by atoms with Gasteiger partial charge >= 0.3 is 35.8 Å². The van der Waals surface area contributed by atoms with E-state index in [1.165, 1.54) is 12.1 Å². The van der Waals surface area contributed by atoms with E-state index in [1.807, 2.05) is 0 Å². The van der Waals surface area contributed by atoms with Crippen molar-refractivity contribution < 1.29 is 103 Å². The third-order valence-corrected chi connectivity index (χ3v) is 10.8. The van der Waals surface area contributed by atoms with Crippen molar-refractivity contribution >= 4 is 41.6 Å². The summed E-state index contributed by atoms with van der Waals surface area (Å²) in [7, 11) is 0. The summed E-state index contributed by atoms with van der Waals surface area (Å²) in [5, 5.41) is 81.1. The Morgan fingerprint density at radius 1 is 0.758 bits per heavy atom. The topological polar surface area (TPSA) is 337 Å². The van der Waals surface area contributed by atoms with E-state index >= 15 is 0 Å². The van der Waals surface area contributed by atoms with Crippen molar-refractivity contribution in [3.63, 3.8) is 0 Å². The van der Waals surface area contributed by atoms with Crippen LogP contribution in [0.5, 0.6) is 5.75 Å². The van der Waals surface area contributed by atoms with E-state index < -0.39 is 117 Å². The summed E-state index contributed by atoms with van der Waals surface area (Å²) in [6.45, 7) is 1.55. The van der Waals surface area contributed by atoms with E-state index in [4.69, 9.17) is 33.5 Å². The van der Waals surface area contributed by atoms with Crippen molar-refractivity contribution in [2.24, 2.45) is 0 Å². The molecule has 1 aromatic rings. The molecule has 1 heterocycles. The molecule has 0 aromatic heterocycles. The van der Waals surface area contributed by atoms with Crippen LogP contribution < -0.4 is 0 Å². The molecule has 1 aliphatic rings. The molecule has 21 nitrogen and oxygen atoms in total. The monoisotopic (exact) mass is 944 g/mol. The highest BCUT2D eigenvalue weighted by Crippen LogP contribution is 2.28. The van der Waals surface area contributed by atoms with Crippen LogP contribution in [0.1, 0.15) is 139 Å². The maximum absolute atomic E-state index is 13.3. The second kappa shape index (κ2) is 30.5. The number of benzene rings is 1. The molecule has 0 amide bonds. The van der Waals surface area contributed by atoms with Gasteiger partial charge in [-0.3, -0.25) is 24.0 Å². The number of aliphatic hydroxyl groups is 5. The van der Waals surface area contributed by atoms with Gasteiger partial charge in [0.1, 0.15) is 66.7 Å². The van der Waals surface area contributed by atoms with Crippen molar-refractivity contribution in [3.8, 4) is 5.75 Å². The number of hydrogen-bond donors (Lipinski definition) is 8. The van der Waals surface area contributed by atoms with E-state index in [0.29, 0.717) is 24.8 Å². The highest BCUT2D eigenvalue weighted by Gasteiger charge is 2.50. The Kier molecular flexibility index (Phi) is 26.5. The fraction of sp³-hybridized carbons (Fsp3) is 0.711. The van der Waals surface area contributed by atoms with Gasteiger partial charge in [-0.25, -0.2) is 9.59 Å². The molecule has 0 bridgehead atoms. The third kappa shape index (κ3) is 20.8. The molecule has 0 radical (unpaired) electrons. The third-order valence-electron chi connectivity index (χ3n) is 10.8. The quantitative estimate of drug-likeness (QED) is 0.0217. The zero-order valence-corrected chi connectivity index (χ0v) is 37.8. The van der Waals surface area contributed by atoms with Gasteiger partial charge in [-0.1, -0.05) is 82.8 Å². The number of ketones is 1. The number of carboxylic acids is 2. The normalized spacial score (nSPS) is 20.5. The van der Waals surface area contributed by atoms with E-state index in [9.17, 15) is 69.3 Å². The van der Waals surface area contributed by atoms with Crippen molar-refractivity contribution in [3.05, 3.63) is 29.3 Å². The summed E-state index contributed by atoms with van der Waals surface area (Å²) in [4.78, 5) is 84.0. The Morgan fingerprint density at radius 2 is 1.33 bits per heavy atom. The molecule has 66 heavy (non-hydrogen) atoms. The van der Waals surface area contributed by atoms with Gasteiger partial charge in [0.15, 0.2) is 12.4 Å². The zero-order valence-electron chi connectivity index (χ0n) is 37.8. The largest absolute Gasteiger partial charge is 0.507 e. The molecule has 2 rings (SSSR count). The highest BCUT2D eigenvalue weighted by molar-refractivity contribution is 5.94. The molecule has 0 aliphatic carbocycles. The molecule has 10 atom stereocenters. The second-order valence-electron chi connectivity index (χ2n) is 16.4. The zero-order chi connectivity index (χ0) is 49.3. The van der Waals surface area contributed by atoms with Gasteiger partial charge in [0.05, 0.1) is 12.7 Å². The maximum Gasteiger partial charge on any atom is 0.350 e. The van der Waals surface area contributed by atoms with Gasteiger partial charge < -0.3 is 69.3 Å². The Labute approximate surface area is 383 Å². The number of aromatic hydroxyl groups is 1. The first-order valence-electron chi connectivity index (χ1n) is 22.4. The average Bonchev–Trinajstić information content (AvgIpc) is 3.24. The number of carboxylic acid groups (broad SMARTS) is 2. The Bertz CT molecular complexity index is 1700. The summed E-state index contributed by atoms with van der Waals surface area (Å²) in [6.07, 6.45) is -6.20. The second-order valence-corrected chi connectivity index (χ2v) is 16.4. The summed E-state index contributed by atoms with van der Waals surface area (Å²) in [6, 6.07) is 4.35. The lowest BCUT2D eigenvalue weighted by atomic mass is 9.98. The van der Waals surface area contributed by atoms with Crippen LogP contribution in [0.4, 0.5) is 0 Å². The van der Waals surface area contributed by atoms with Crippen molar-refractivity contribution in [2.75, 3.05) is 13.2 Å². The smallest absolute Gasteiger partial charge is 0.350 e. The van der Waals surface area contributed by atoms with E-state index in [-0.39, 0.29) is 23.5 Å². The summed E-state index contributed by atoms with van der Waals surface area (Å²) >= 11 is 0. The summed E-state index contributed by atoms with van der Waals surface area (Å²) in [5.41, 5.74) is 0.0863. The van der Waals surface area contributed by atoms with Gasteiger partial charge in [0.2, 0.25) is 6.10 Å². The number of phenols is 1. The minimum absolute atomic E-state index is 0.0209. The van der Waals surface area contributed by atoms with Crippen LogP contribution in [0.25, 0.3) is 0 Å². The first-order chi connectivity index (χ1) is 31.3. The molecule has 374 valence electrons. The molecule has 1 saturated heterocycles. The van der Waals surface area contributed by atoms with Crippen LogP contribution in [0.3, 0.4) is 0 Å². The number of aromatic carboxylic acids is 1. The Hall–Kier alpha value is -4.77. The number of aliphatic carboxylic acids is 1. The Balaban J connectivity index is 1.78. The van der Waals surface area contributed by atoms with Gasteiger partial charge in [-0.15, -0.1) is 0 Å². The molecule has 21 heteroatoms. The highest BCUT2D eigenvalue weighted by atomic mass is 16.7. The summed E-state index contributed by atoms with van der Waals surface area (Å²) < 4.78 is 31.4. The van der Waals surface area contributed by atoms with Crippen LogP contribution in [-0.4, -0.2) is 157 Å². The standard InChI is InChI=1S/C45H68O21/c1-26(18-15-13-11-9-7-5-4-6-8-10-12-14-16-20-30(49)22-29-19-17-21-31(50)36(29)43(58)59)62-44(60)41(63-27(2)47)39(56)38(55)33(25-61-35(53)23-34(51)52)66-45-42(64-28(3)48)40(57)37(54)32(24-46)65-45/h17,19,21,26,32-33,37-42,45-46,50,54-57H,4-16,18,20,22-25H2,1-3H3,(H,51,52)(H,58,59)/t26?,32?,33-,37-,38-,39+,40?,41+,42?,45+/m1/s1. The molecule has 1 fully saturated rings. The number of carbonyl (C=O) groups excluding carboxylic acids is 5. The summed E-state index contributed by atoms with van der Waals surface area (Å²) in [5.74, 6) is -7.84. The average molecular weight is 945 g/mol. The van der Waals surface area contributed by atoms with Crippen LogP contribution in [0.2, 0.25) is 0 Å². The lowest BCUT2D eigenvalue weighted by Gasteiger charge is -2.43. The molecule has 4 unspecified atom stereocenters. The van der Waals surface area contributed by atoms with Crippen molar-refractivity contribution in [1.29, 1.82) is 0 Å². The van der Waals surface area contributed by atoms with Gasteiger partial charge in [-0.2, -0.15) is 0 Å². The molecular weight excluding hydrogens is 876 g/mol.